The molecular weight excluding hydrogens is 277 g/mol. The minimum Gasteiger partial charge on any atom is -0.418 e. The van der Waals surface area contributed by atoms with E-state index in [0.29, 0.717) is 6.61 Å². The topological polar surface area (TPSA) is 30.9 Å². The van der Waals surface area contributed by atoms with Gasteiger partial charge in [-0.1, -0.05) is 22.9 Å². The molecule has 4 nitrogen and oxygen atoms in total. The van der Waals surface area contributed by atoms with Gasteiger partial charge in [0, 0.05) is 5.10 Å². The lowest BCUT2D eigenvalue weighted by atomic mass is 10.3. The standard InChI is InChI=1S/C11H12N3O.BF4/c1-2-4-10(5-3-1)14-9-13-6-7-15-8-11(13)12-14;2-1(3,4)5/h1-5,9H,6-8H2;/q+1;-1. The lowest BCUT2D eigenvalue weighted by Crippen LogP contribution is -2.42. The maximum absolute atomic E-state index is 9.75. The molecule has 0 amide bonds. The molecule has 20 heavy (non-hydrogen) atoms. The lowest BCUT2D eigenvalue weighted by Gasteiger charge is -2.06. The first-order valence-electron chi connectivity index (χ1n) is 5.92. The minimum absolute atomic E-state index is 0.611. The highest BCUT2D eigenvalue weighted by Crippen LogP contribution is 2.07. The summed E-state index contributed by atoms with van der Waals surface area (Å²) in [6, 6.07) is 10.1. The highest BCUT2D eigenvalue weighted by molar-refractivity contribution is 6.50. The average molecular weight is 289 g/mol. The Labute approximate surface area is 112 Å². The molecule has 0 aliphatic carbocycles. The van der Waals surface area contributed by atoms with Gasteiger partial charge in [0.05, 0.1) is 13.2 Å². The van der Waals surface area contributed by atoms with Crippen LogP contribution >= 0.6 is 0 Å². The Hall–Kier alpha value is -1.90. The summed E-state index contributed by atoms with van der Waals surface area (Å²) in [7, 11) is -6.00. The molecule has 0 bridgehead atoms. The number of aromatic nitrogens is 3. The second-order valence-corrected chi connectivity index (χ2v) is 4.05. The van der Waals surface area contributed by atoms with Crippen molar-refractivity contribution in [2.45, 2.75) is 13.2 Å². The lowest BCUT2D eigenvalue weighted by molar-refractivity contribution is -0.717. The third-order valence-corrected chi connectivity index (χ3v) is 2.53. The fraction of sp³-hybridized carbons (Fsp3) is 0.273. The number of benzene rings is 1. The Bertz CT molecular complexity index is 529. The number of halogens is 4. The molecule has 1 aliphatic rings. The zero-order valence-electron chi connectivity index (χ0n) is 10.4. The van der Waals surface area contributed by atoms with Gasteiger partial charge in [-0.15, -0.1) is 0 Å². The third kappa shape index (κ3) is 4.34. The first-order chi connectivity index (χ1) is 9.43. The molecule has 0 radical (unpaired) electrons. The van der Waals surface area contributed by atoms with E-state index < -0.39 is 7.25 Å². The minimum atomic E-state index is -6.00. The van der Waals surface area contributed by atoms with Gasteiger partial charge in [0.1, 0.15) is 12.3 Å². The van der Waals surface area contributed by atoms with Gasteiger partial charge in [-0.05, 0) is 12.1 Å². The molecule has 3 rings (SSSR count). The van der Waals surface area contributed by atoms with Gasteiger partial charge >= 0.3 is 13.1 Å². The van der Waals surface area contributed by atoms with Crippen molar-refractivity contribution in [3.05, 3.63) is 42.5 Å². The molecule has 0 fully saturated rings. The number of fused-ring (bicyclic) bond motifs is 1. The highest BCUT2D eigenvalue weighted by atomic mass is 19.5. The van der Waals surface area contributed by atoms with Crippen LogP contribution in [0.2, 0.25) is 0 Å². The van der Waals surface area contributed by atoms with Crippen LogP contribution < -0.4 is 4.57 Å². The summed E-state index contributed by atoms with van der Waals surface area (Å²) in [6.07, 6.45) is 2.02. The van der Waals surface area contributed by atoms with E-state index in [1.54, 1.807) is 0 Å². The quantitative estimate of drug-likeness (QED) is 0.456. The zero-order valence-corrected chi connectivity index (χ0v) is 10.4. The molecule has 0 N–H and O–H groups in total. The van der Waals surface area contributed by atoms with Crippen molar-refractivity contribution in [3.63, 3.8) is 0 Å². The zero-order chi connectivity index (χ0) is 14.6. The van der Waals surface area contributed by atoms with Gasteiger partial charge in [0.25, 0.3) is 0 Å². The Morgan fingerprint density at radius 1 is 1.15 bits per heavy atom. The summed E-state index contributed by atoms with van der Waals surface area (Å²) in [5.41, 5.74) is 1.08. The van der Waals surface area contributed by atoms with Crippen LogP contribution in [0.1, 0.15) is 5.82 Å². The molecule has 0 spiro atoms. The molecular formula is C11H12BF4N3O. The van der Waals surface area contributed by atoms with Crippen molar-refractivity contribution in [2.75, 3.05) is 6.61 Å². The van der Waals surface area contributed by atoms with E-state index in [4.69, 9.17) is 4.74 Å². The molecule has 0 unspecified atom stereocenters. The second-order valence-electron chi connectivity index (χ2n) is 4.05. The second kappa shape index (κ2) is 6.04. The van der Waals surface area contributed by atoms with Gasteiger partial charge in [-0.25, -0.2) is 4.57 Å². The predicted octanol–water partition coefficient (Wildman–Crippen LogP) is 1.99. The SMILES string of the molecule is F[B-](F)(F)F.c1ccc(-n2c[n+]3c(n2)COCC3)cc1. The third-order valence-electron chi connectivity index (χ3n) is 2.53. The van der Waals surface area contributed by atoms with Crippen LogP contribution in [-0.2, 0) is 17.9 Å². The van der Waals surface area contributed by atoms with Gasteiger partial charge in [0.15, 0.2) is 0 Å². The maximum atomic E-state index is 9.75. The van der Waals surface area contributed by atoms with Crippen molar-refractivity contribution in [2.24, 2.45) is 0 Å². The van der Waals surface area contributed by atoms with Gasteiger partial charge in [-0.2, -0.15) is 0 Å². The van der Waals surface area contributed by atoms with Crippen LogP contribution in [0.4, 0.5) is 17.3 Å². The molecule has 0 saturated heterocycles. The smallest absolute Gasteiger partial charge is 0.418 e. The van der Waals surface area contributed by atoms with E-state index in [9.17, 15) is 17.3 Å². The van der Waals surface area contributed by atoms with Gasteiger partial charge in [-0.3, -0.25) is 0 Å². The summed E-state index contributed by atoms with van der Waals surface area (Å²) >= 11 is 0. The van der Waals surface area contributed by atoms with E-state index in [2.05, 4.69) is 9.67 Å². The largest absolute Gasteiger partial charge is 0.673 e. The summed E-state index contributed by atoms with van der Waals surface area (Å²) in [4.78, 5) is 0. The highest BCUT2D eigenvalue weighted by Gasteiger charge is 2.21. The van der Waals surface area contributed by atoms with E-state index in [1.807, 2.05) is 41.3 Å². The van der Waals surface area contributed by atoms with E-state index in [-0.39, 0.29) is 0 Å². The van der Waals surface area contributed by atoms with Crippen LogP contribution in [0.3, 0.4) is 0 Å². The van der Waals surface area contributed by atoms with Crippen LogP contribution in [0.25, 0.3) is 5.69 Å². The van der Waals surface area contributed by atoms with Gasteiger partial charge < -0.3 is 22.0 Å². The molecule has 1 aromatic heterocycles. The molecule has 108 valence electrons. The van der Waals surface area contributed by atoms with Crippen LogP contribution in [-0.4, -0.2) is 23.6 Å². The van der Waals surface area contributed by atoms with E-state index >= 15 is 0 Å². The first-order valence-corrected chi connectivity index (χ1v) is 5.92. The fourth-order valence-electron chi connectivity index (χ4n) is 1.74. The maximum Gasteiger partial charge on any atom is 0.673 e. The Balaban J connectivity index is 0.000000257. The van der Waals surface area contributed by atoms with Crippen LogP contribution in [0, 0.1) is 0 Å². The normalized spacial score (nSPS) is 14.2. The van der Waals surface area contributed by atoms with Crippen LogP contribution in [0.15, 0.2) is 36.7 Å². The number of nitrogens with zero attached hydrogens (tertiary/aromatic N) is 3. The van der Waals surface area contributed by atoms with Crippen LogP contribution in [0.5, 0.6) is 0 Å². The number of para-hydroxylation sites is 1. The number of rotatable bonds is 1. The molecule has 0 saturated carbocycles. The van der Waals surface area contributed by atoms with E-state index in [1.165, 1.54) is 0 Å². The monoisotopic (exact) mass is 289 g/mol. The molecule has 1 aromatic carbocycles. The Kier molecular flexibility index (Phi) is 4.38. The van der Waals surface area contributed by atoms with Crippen molar-refractivity contribution in [1.29, 1.82) is 0 Å². The first kappa shape index (κ1) is 14.5. The summed E-state index contributed by atoms with van der Waals surface area (Å²) < 4.78 is 48.4. The summed E-state index contributed by atoms with van der Waals surface area (Å²) in [5, 5.41) is 4.48. The summed E-state index contributed by atoms with van der Waals surface area (Å²) in [5.74, 6) is 0.991. The molecule has 2 aromatic rings. The molecule has 2 heterocycles. The van der Waals surface area contributed by atoms with Gasteiger partial charge in [0.2, 0.25) is 6.33 Å². The van der Waals surface area contributed by atoms with Crippen molar-refractivity contribution >= 4 is 7.25 Å². The van der Waals surface area contributed by atoms with E-state index in [0.717, 1.165) is 24.7 Å². The molecule has 0 atom stereocenters. The number of hydrogen-bond acceptors (Lipinski definition) is 2. The number of hydrogen-bond donors (Lipinski definition) is 0. The average Bonchev–Trinajstić information content (AvgIpc) is 2.81. The molecule has 9 heteroatoms. The Morgan fingerprint density at radius 2 is 1.80 bits per heavy atom. The summed E-state index contributed by atoms with van der Waals surface area (Å²) in [6.45, 7) is 2.28. The Morgan fingerprint density at radius 3 is 2.40 bits per heavy atom. The van der Waals surface area contributed by atoms with Crippen molar-refractivity contribution < 1.29 is 26.6 Å². The number of ether oxygens (including phenoxy) is 1. The van der Waals surface area contributed by atoms with Crippen molar-refractivity contribution in [1.82, 2.24) is 9.78 Å². The predicted molar refractivity (Wildman–Crippen MR) is 63.6 cm³/mol. The molecule has 1 aliphatic heterocycles. The van der Waals surface area contributed by atoms with Crippen molar-refractivity contribution in [3.8, 4) is 5.69 Å². The fourth-order valence-corrected chi connectivity index (χ4v) is 1.74.